The zero-order chi connectivity index (χ0) is 13.6. The maximum atomic E-state index is 12.1. The van der Waals surface area contributed by atoms with E-state index in [2.05, 4.69) is 13.8 Å². The van der Waals surface area contributed by atoms with Gasteiger partial charge in [-0.05, 0) is 47.9 Å². The first-order chi connectivity index (χ1) is 9.01. The predicted molar refractivity (Wildman–Crippen MR) is 72.0 cm³/mol. The van der Waals surface area contributed by atoms with E-state index < -0.39 is 0 Å². The molecular formula is C16H20O3. The van der Waals surface area contributed by atoms with Crippen LogP contribution in [0.15, 0.2) is 18.2 Å². The zero-order valence-electron chi connectivity index (χ0n) is 11.7. The lowest BCUT2D eigenvalue weighted by molar-refractivity contribution is -0.151. The van der Waals surface area contributed by atoms with E-state index in [1.165, 1.54) is 5.56 Å². The number of ether oxygens (including phenoxy) is 2. The molecule has 0 aromatic heterocycles. The van der Waals surface area contributed by atoms with Crippen LogP contribution in [0.25, 0.3) is 0 Å². The van der Waals surface area contributed by atoms with Gasteiger partial charge in [0.05, 0.1) is 13.0 Å². The fourth-order valence-corrected chi connectivity index (χ4v) is 2.90. The van der Waals surface area contributed by atoms with E-state index in [-0.39, 0.29) is 23.4 Å². The number of hydrogen-bond acceptors (Lipinski definition) is 3. The average molecular weight is 260 g/mol. The normalized spacial score (nSPS) is 26.7. The summed E-state index contributed by atoms with van der Waals surface area (Å²) in [5, 5.41) is 0. The molecule has 1 aromatic rings. The van der Waals surface area contributed by atoms with E-state index in [0.29, 0.717) is 0 Å². The Morgan fingerprint density at radius 1 is 1.37 bits per heavy atom. The third-order valence-electron chi connectivity index (χ3n) is 4.43. The van der Waals surface area contributed by atoms with E-state index in [1.54, 1.807) is 7.11 Å². The molecule has 19 heavy (non-hydrogen) atoms. The molecule has 0 spiro atoms. The minimum absolute atomic E-state index is 0.0290. The highest BCUT2D eigenvalue weighted by Gasteiger charge is 2.52. The Kier molecular flexibility index (Phi) is 2.80. The smallest absolute Gasteiger partial charge is 0.310 e. The summed E-state index contributed by atoms with van der Waals surface area (Å²) < 4.78 is 10.9. The Morgan fingerprint density at radius 2 is 2.11 bits per heavy atom. The van der Waals surface area contributed by atoms with Crippen LogP contribution in [0.3, 0.4) is 0 Å². The number of hydrogen-bond donors (Lipinski definition) is 0. The SMILES string of the molecule is COc1ccc2c(c1)CCC2OC(=O)C1CC1(C)C. The largest absolute Gasteiger partial charge is 0.497 e. The molecule has 1 fully saturated rings. The number of fused-ring (bicyclic) bond motifs is 1. The van der Waals surface area contributed by atoms with E-state index in [9.17, 15) is 4.79 Å². The molecule has 3 nitrogen and oxygen atoms in total. The molecular weight excluding hydrogens is 240 g/mol. The molecule has 2 aliphatic rings. The van der Waals surface area contributed by atoms with Crippen LogP contribution in [0.5, 0.6) is 5.75 Å². The van der Waals surface area contributed by atoms with Crippen LogP contribution in [0.4, 0.5) is 0 Å². The summed E-state index contributed by atoms with van der Waals surface area (Å²) in [4.78, 5) is 12.1. The molecule has 2 unspecified atom stereocenters. The van der Waals surface area contributed by atoms with Gasteiger partial charge >= 0.3 is 5.97 Å². The zero-order valence-corrected chi connectivity index (χ0v) is 11.7. The van der Waals surface area contributed by atoms with Crippen LogP contribution in [0.2, 0.25) is 0 Å². The van der Waals surface area contributed by atoms with E-state index >= 15 is 0 Å². The number of rotatable bonds is 3. The number of esters is 1. The van der Waals surface area contributed by atoms with Crippen molar-refractivity contribution in [2.45, 2.75) is 39.2 Å². The van der Waals surface area contributed by atoms with Crippen LogP contribution in [0.1, 0.15) is 43.9 Å². The maximum Gasteiger partial charge on any atom is 0.310 e. The molecule has 3 rings (SSSR count). The van der Waals surface area contributed by atoms with Gasteiger partial charge in [-0.15, -0.1) is 0 Å². The summed E-state index contributed by atoms with van der Waals surface area (Å²) in [7, 11) is 1.67. The maximum absolute atomic E-state index is 12.1. The molecule has 0 amide bonds. The van der Waals surface area contributed by atoms with Gasteiger partial charge in [0.25, 0.3) is 0 Å². The summed E-state index contributed by atoms with van der Waals surface area (Å²) in [5.41, 5.74) is 2.53. The second-order valence-electron chi connectivity index (χ2n) is 6.27. The number of methoxy groups -OCH3 is 1. The Labute approximate surface area is 113 Å². The summed E-state index contributed by atoms with van der Waals surface area (Å²) in [5.74, 6) is 0.933. The van der Waals surface area contributed by atoms with Crippen molar-refractivity contribution < 1.29 is 14.3 Å². The lowest BCUT2D eigenvalue weighted by Gasteiger charge is -2.14. The standard InChI is InChI=1S/C16H20O3/c1-16(2)9-13(16)15(17)19-14-7-4-10-8-11(18-3)5-6-12(10)14/h5-6,8,13-14H,4,7,9H2,1-3H3. The van der Waals surface area contributed by atoms with Gasteiger partial charge in [-0.1, -0.05) is 19.9 Å². The summed E-state index contributed by atoms with van der Waals surface area (Å²) in [6.07, 6.45) is 2.73. The third-order valence-corrected chi connectivity index (χ3v) is 4.43. The molecule has 0 radical (unpaired) electrons. The monoisotopic (exact) mass is 260 g/mol. The Hall–Kier alpha value is -1.51. The van der Waals surface area contributed by atoms with Crippen molar-refractivity contribution in [3.8, 4) is 5.75 Å². The van der Waals surface area contributed by atoms with E-state index in [1.807, 2.05) is 18.2 Å². The fourth-order valence-electron chi connectivity index (χ4n) is 2.90. The van der Waals surface area contributed by atoms with Crippen LogP contribution >= 0.6 is 0 Å². The quantitative estimate of drug-likeness (QED) is 0.782. The fraction of sp³-hybridized carbons (Fsp3) is 0.562. The van der Waals surface area contributed by atoms with Crippen molar-refractivity contribution in [3.05, 3.63) is 29.3 Å². The molecule has 0 aliphatic heterocycles. The van der Waals surface area contributed by atoms with Gasteiger partial charge < -0.3 is 9.47 Å². The number of aryl methyl sites for hydroxylation is 1. The predicted octanol–water partition coefficient (Wildman–Crippen LogP) is 3.27. The van der Waals surface area contributed by atoms with Crippen LogP contribution < -0.4 is 4.74 Å². The lowest BCUT2D eigenvalue weighted by atomic mass is 10.1. The first kappa shape index (κ1) is 12.5. The van der Waals surface area contributed by atoms with Crippen molar-refractivity contribution in [2.24, 2.45) is 11.3 Å². The van der Waals surface area contributed by atoms with Crippen molar-refractivity contribution >= 4 is 5.97 Å². The number of carbonyl (C=O) groups is 1. The molecule has 3 heteroatoms. The summed E-state index contributed by atoms with van der Waals surface area (Å²) in [6.45, 7) is 4.23. The molecule has 0 saturated heterocycles. The Balaban J connectivity index is 1.71. The Bertz CT molecular complexity index is 519. The van der Waals surface area contributed by atoms with Gasteiger partial charge in [-0.2, -0.15) is 0 Å². The van der Waals surface area contributed by atoms with Crippen molar-refractivity contribution in [3.63, 3.8) is 0 Å². The van der Waals surface area contributed by atoms with Gasteiger partial charge in [0.1, 0.15) is 11.9 Å². The molecule has 0 bridgehead atoms. The highest BCUT2D eigenvalue weighted by molar-refractivity contribution is 5.77. The summed E-state index contributed by atoms with van der Waals surface area (Å²) >= 11 is 0. The van der Waals surface area contributed by atoms with Crippen LogP contribution in [0, 0.1) is 11.3 Å². The minimum Gasteiger partial charge on any atom is -0.497 e. The van der Waals surface area contributed by atoms with E-state index in [4.69, 9.17) is 9.47 Å². The second kappa shape index (κ2) is 4.26. The van der Waals surface area contributed by atoms with Gasteiger partial charge in [0.15, 0.2) is 0 Å². The molecule has 2 aliphatic carbocycles. The van der Waals surface area contributed by atoms with Crippen molar-refractivity contribution in [1.82, 2.24) is 0 Å². The van der Waals surface area contributed by atoms with Gasteiger partial charge in [0.2, 0.25) is 0 Å². The van der Waals surface area contributed by atoms with Gasteiger partial charge in [0, 0.05) is 0 Å². The Morgan fingerprint density at radius 3 is 2.74 bits per heavy atom. The molecule has 2 atom stereocenters. The first-order valence-electron chi connectivity index (χ1n) is 6.88. The first-order valence-corrected chi connectivity index (χ1v) is 6.88. The topological polar surface area (TPSA) is 35.5 Å². The third kappa shape index (κ3) is 2.22. The molecule has 0 heterocycles. The van der Waals surface area contributed by atoms with Gasteiger partial charge in [-0.3, -0.25) is 4.79 Å². The second-order valence-corrected chi connectivity index (χ2v) is 6.27. The van der Waals surface area contributed by atoms with Crippen molar-refractivity contribution in [2.75, 3.05) is 7.11 Å². The number of benzene rings is 1. The van der Waals surface area contributed by atoms with Crippen LogP contribution in [-0.4, -0.2) is 13.1 Å². The van der Waals surface area contributed by atoms with Crippen LogP contribution in [-0.2, 0) is 16.0 Å². The van der Waals surface area contributed by atoms with Crippen molar-refractivity contribution in [1.29, 1.82) is 0 Å². The molecule has 1 saturated carbocycles. The molecule has 0 N–H and O–H groups in total. The highest BCUT2D eigenvalue weighted by Crippen LogP contribution is 2.53. The van der Waals surface area contributed by atoms with Gasteiger partial charge in [-0.25, -0.2) is 0 Å². The number of carbonyl (C=O) groups excluding carboxylic acids is 1. The average Bonchev–Trinajstić information content (AvgIpc) is 2.85. The minimum atomic E-state index is -0.0650. The summed E-state index contributed by atoms with van der Waals surface area (Å²) in [6, 6.07) is 6.01. The van der Waals surface area contributed by atoms with E-state index in [0.717, 1.165) is 30.6 Å². The molecule has 1 aromatic carbocycles. The lowest BCUT2D eigenvalue weighted by Crippen LogP contribution is -2.13. The highest BCUT2D eigenvalue weighted by atomic mass is 16.5. The molecule has 102 valence electrons.